The van der Waals surface area contributed by atoms with E-state index < -0.39 is 10.8 Å². The molecule has 2 atom stereocenters. The maximum absolute atomic E-state index is 11.2. The van der Waals surface area contributed by atoms with Crippen LogP contribution in [-0.4, -0.2) is 34.8 Å². The molecule has 0 bridgehead atoms. The first-order valence-electron chi connectivity index (χ1n) is 4.90. The van der Waals surface area contributed by atoms with Gasteiger partial charge in [0, 0.05) is 35.4 Å². The predicted octanol–water partition coefficient (Wildman–Crippen LogP) is 0.853. The van der Waals surface area contributed by atoms with E-state index in [2.05, 4.69) is 10.6 Å². The molecule has 0 fully saturated rings. The van der Waals surface area contributed by atoms with Crippen LogP contribution < -0.4 is 10.6 Å². The Morgan fingerprint density at radius 2 is 2.14 bits per heavy atom. The maximum Gasteiger partial charge on any atom is 0.314 e. The quantitative estimate of drug-likeness (QED) is 0.697. The number of carbonyl (C=O) groups is 1. The van der Waals surface area contributed by atoms with Crippen molar-refractivity contribution >= 4 is 16.8 Å². The van der Waals surface area contributed by atoms with Gasteiger partial charge >= 0.3 is 6.03 Å². The van der Waals surface area contributed by atoms with Crippen LogP contribution in [0, 0.1) is 0 Å². The molecule has 0 spiro atoms. The highest BCUT2D eigenvalue weighted by atomic mass is 32.2. The Labute approximate surface area is 88.3 Å². The van der Waals surface area contributed by atoms with Crippen LogP contribution in [0.15, 0.2) is 0 Å². The van der Waals surface area contributed by atoms with Gasteiger partial charge < -0.3 is 10.6 Å². The molecule has 84 valence electrons. The molecular formula is C9H20N2O2S. The van der Waals surface area contributed by atoms with Gasteiger partial charge in [0.2, 0.25) is 0 Å². The summed E-state index contributed by atoms with van der Waals surface area (Å²) in [4.78, 5) is 11.2. The van der Waals surface area contributed by atoms with Crippen molar-refractivity contribution in [1.29, 1.82) is 0 Å². The third kappa shape index (κ3) is 8.04. The Morgan fingerprint density at radius 1 is 1.50 bits per heavy atom. The van der Waals surface area contributed by atoms with Crippen LogP contribution in [0.25, 0.3) is 0 Å². The van der Waals surface area contributed by atoms with Crippen molar-refractivity contribution in [2.24, 2.45) is 0 Å². The summed E-state index contributed by atoms with van der Waals surface area (Å²) < 4.78 is 10.8. The van der Waals surface area contributed by atoms with Crippen molar-refractivity contribution in [2.75, 3.05) is 18.6 Å². The first kappa shape index (κ1) is 13.4. The molecule has 0 aromatic heterocycles. The number of hydrogen-bond donors (Lipinski definition) is 2. The zero-order valence-corrected chi connectivity index (χ0v) is 9.95. The molecule has 0 heterocycles. The highest BCUT2D eigenvalue weighted by molar-refractivity contribution is 7.84. The number of carbonyl (C=O) groups excluding carboxylic acids is 1. The Bertz CT molecular complexity index is 197. The molecule has 2 amide bonds. The minimum atomic E-state index is -0.778. The molecule has 0 aliphatic carbocycles. The van der Waals surface area contributed by atoms with E-state index in [1.54, 1.807) is 6.26 Å². The largest absolute Gasteiger partial charge is 0.338 e. The van der Waals surface area contributed by atoms with Gasteiger partial charge in [-0.15, -0.1) is 0 Å². The van der Waals surface area contributed by atoms with Crippen molar-refractivity contribution in [3.8, 4) is 0 Å². The first-order valence-corrected chi connectivity index (χ1v) is 6.63. The van der Waals surface area contributed by atoms with Gasteiger partial charge in [-0.05, 0) is 19.8 Å². The number of rotatable bonds is 6. The lowest BCUT2D eigenvalue weighted by Gasteiger charge is -2.13. The third-order valence-corrected chi connectivity index (χ3v) is 2.56. The Morgan fingerprint density at radius 3 is 2.64 bits per heavy atom. The van der Waals surface area contributed by atoms with E-state index in [1.165, 1.54) is 0 Å². The Balaban J connectivity index is 3.55. The SMILES string of the molecule is CCCNC(=O)NC(C)CCS(C)=O. The molecule has 0 aliphatic heterocycles. The minimum Gasteiger partial charge on any atom is -0.338 e. The average Bonchev–Trinajstić information content (AvgIpc) is 2.11. The van der Waals surface area contributed by atoms with Crippen LogP contribution in [0.5, 0.6) is 0 Å². The lowest BCUT2D eigenvalue weighted by molar-refractivity contribution is 0.237. The second kappa shape index (κ2) is 7.79. The topological polar surface area (TPSA) is 58.2 Å². The predicted molar refractivity (Wildman–Crippen MR) is 59.8 cm³/mol. The van der Waals surface area contributed by atoms with Gasteiger partial charge in [-0.1, -0.05) is 6.92 Å². The van der Waals surface area contributed by atoms with E-state index in [0.717, 1.165) is 12.8 Å². The molecule has 2 N–H and O–H groups in total. The molecule has 14 heavy (non-hydrogen) atoms. The summed E-state index contributed by atoms with van der Waals surface area (Å²) in [5.74, 6) is 0.634. The summed E-state index contributed by atoms with van der Waals surface area (Å²) in [6.07, 6.45) is 3.35. The van der Waals surface area contributed by atoms with E-state index in [9.17, 15) is 9.00 Å². The van der Waals surface area contributed by atoms with Crippen LogP contribution in [0.2, 0.25) is 0 Å². The molecule has 0 rings (SSSR count). The average molecular weight is 220 g/mol. The number of hydrogen-bond acceptors (Lipinski definition) is 2. The van der Waals surface area contributed by atoms with Crippen LogP contribution >= 0.6 is 0 Å². The molecule has 2 unspecified atom stereocenters. The summed E-state index contributed by atoms with van der Waals surface area (Å²) >= 11 is 0. The molecule has 0 aromatic rings. The fourth-order valence-corrected chi connectivity index (χ4v) is 1.61. The second-order valence-electron chi connectivity index (χ2n) is 3.37. The maximum atomic E-state index is 11.2. The number of amides is 2. The second-order valence-corrected chi connectivity index (χ2v) is 4.92. The summed E-state index contributed by atoms with van der Waals surface area (Å²) in [6.45, 7) is 4.61. The van der Waals surface area contributed by atoms with Gasteiger partial charge in [-0.2, -0.15) is 0 Å². The third-order valence-electron chi connectivity index (χ3n) is 1.75. The zero-order valence-electron chi connectivity index (χ0n) is 9.13. The lowest BCUT2D eigenvalue weighted by Crippen LogP contribution is -2.41. The normalized spacial score (nSPS) is 14.5. The molecule has 4 nitrogen and oxygen atoms in total. The van der Waals surface area contributed by atoms with Crippen molar-refractivity contribution < 1.29 is 9.00 Å². The summed E-state index contributed by atoms with van der Waals surface area (Å²) in [7, 11) is -0.778. The Kier molecular flexibility index (Phi) is 7.47. The van der Waals surface area contributed by atoms with Crippen LogP contribution in [0.4, 0.5) is 4.79 Å². The zero-order chi connectivity index (χ0) is 11.0. The number of nitrogens with one attached hydrogen (secondary N) is 2. The molecular weight excluding hydrogens is 200 g/mol. The van der Waals surface area contributed by atoms with E-state index in [-0.39, 0.29) is 12.1 Å². The molecule has 0 saturated heterocycles. The highest BCUT2D eigenvalue weighted by Crippen LogP contribution is 1.92. The van der Waals surface area contributed by atoms with E-state index in [1.807, 2.05) is 13.8 Å². The fourth-order valence-electron chi connectivity index (χ4n) is 0.928. The fraction of sp³-hybridized carbons (Fsp3) is 0.889. The molecule has 0 aliphatic rings. The van der Waals surface area contributed by atoms with Crippen LogP contribution in [0.3, 0.4) is 0 Å². The summed E-state index contributed by atoms with van der Waals surface area (Å²) in [5.41, 5.74) is 0. The van der Waals surface area contributed by atoms with Gasteiger partial charge in [0.15, 0.2) is 0 Å². The summed E-state index contributed by atoms with van der Waals surface area (Å²) in [6, 6.07) is -0.0583. The number of urea groups is 1. The minimum absolute atomic E-state index is 0.0794. The van der Waals surface area contributed by atoms with E-state index in [4.69, 9.17) is 0 Å². The highest BCUT2D eigenvalue weighted by Gasteiger charge is 2.06. The smallest absolute Gasteiger partial charge is 0.314 e. The van der Waals surface area contributed by atoms with Gasteiger partial charge in [0.05, 0.1) is 0 Å². The van der Waals surface area contributed by atoms with E-state index in [0.29, 0.717) is 12.3 Å². The summed E-state index contributed by atoms with van der Waals surface area (Å²) in [5, 5.41) is 5.51. The standard InChI is InChI=1S/C9H20N2O2S/c1-4-6-10-9(12)11-8(2)5-7-14(3)13/h8H,4-7H2,1-3H3,(H2,10,11,12). The van der Waals surface area contributed by atoms with Gasteiger partial charge in [0.1, 0.15) is 0 Å². The Hall–Kier alpha value is -0.580. The van der Waals surface area contributed by atoms with E-state index >= 15 is 0 Å². The molecule has 5 heteroatoms. The molecule has 0 aromatic carbocycles. The molecule has 0 radical (unpaired) electrons. The first-order chi connectivity index (χ1) is 6.56. The van der Waals surface area contributed by atoms with Crippen LogP contribution in [0.1, 0.15) is 26.7 Å². The monoisotopic (exact) mass is 220 g/mol. The van der Waals surface area contributed by atoms with Gasteiger partial charge in [-0.3, -0.25) is 4.21 Å². The lowest BCUT2D eigenvalue weighted by atomic mass is 10.3. The van der Waals surface area contributed by atoms with Crippen molar-refractivity contribution in [1.82, 2.24) is 10.6 Å². The van der Waals surface area contributed by atoms with Crippen molar-refractivity contribution in [3.05, 3.63) is 0 Å². The van der Waals surface area contributed by atoms with Crippen LogP contribution in [-0.2, 0) is 10.8 Å². The van der Waals surface area contributed by atoms with Gasteiger partial charge in [0.25, 0.3) is 0 Å². The van der Waals surface area contributed by atoms with Crippen molar-refractivity contribution in [3.63, 3.8) is 0 Å². The van der Waals surface area contributed by atoms with Gasteiger partial charge in [-0.25, -0.2) is 4.79 Å². The van der Waals surface area contributed by atoms with Crippen molar-refractivity contribution in [2.45, 2.75) is 32.7 Å². The molecule has 0 saturated carbocycles.